The monoisotopic (exact) mass is 267 g/mol. The first kappa shape index (κ1) is 12.9. The van der Waals surface area contributed by atoms with E-state index in [0.29, 0.717) is 12.0 Å². The number of nitrogens with zero attached hydrogens (tertiary/aromatic N) is 1. The lowest BCUT2D eigenvalue weighted by Gasteiger charge is -2.22. The number of hydrogen-bond acceptors (Lipinski definition) is 4. The van der Waals surface area contributed by atoms with Gasteiger partial charge in [-0.25, -0.2) is 0 Å². The van der Waals surface area contributed by atoms with E-state index in [2.05, 4.69) is 0 Å². The average Bonchev–Trinajstić information content (AvgIpc) is 2.79. The summed E-state index contributed by atoms with van der Waals surface area (Å²) in [6.45, 7) is 0. The summed E-state index contributed by atoms with van der Waals surface area (Å²) in [4.78, 5) is 21.9. The van der Waals surface area contributed by atoms with Gasteiger partial charge in [-0.2, -0.15) is 0 Å². The molecule has 1 aromatic carbocycles. The van der Waals surface area contributed by atoms with Crippen LogP contribution in [0.15, 0.2) is 24.3 Å². The van der Waals surface area contributed by atoms with Crippen LogP contribution in [0.1, 0.15) is 18.4 Å². The van der Waals surface area contributed by atoms with Crippen LogP contribution >= 0.6 is 11.8 Å². The van der Waals surface area contributed by atoms with Crippen molar-refractivity contribution in [2.24, 2.45) is 0 Å². The maximum atomic E-state index is 11.4. The number of hydrogen-bond donors (Lipinski definition) is 1. The normalized spacial score (nSPS) is 22.9. The highest BCUT2D eigenvalue weighted by Crippen LogP contribution is 2.42. The van der Waals surface area contributed by atoms with Crippen LogP contribution in [0, 0.1) is 10.1 Å². The van der Waals surface area contributed by atoms with E-state index in [4.69, 9.17) is 0 Å². The van der Waals surface area contributed by atoms with Crippen LogP contribution in [-0.4, -0.2) is 26.5 Å². The van der Waals surface area contributed by atoms with Crippen LogP contribution in [0.5, 0.6) is 0 Å². The number of nitro benzene ring substituents is 1. The highest BCUT2D eigenvalue weighted by atomic mass is 32.2. The van der Waals surface area contributed by atoms with Gasteiger partial charge in [-0.3, -0.25) is 14.9 Å². The second-order valence-corrected chi connectivity index (χ2v) is 5.79. The van der Waals surface area contributed by atoms with Crippen molar-refractivity contribution in [3.63, 3.8) is 0 Å². The van der Waals surface area contributed by atoms with Gasteiger partial charge in [0.25, 0.3) is 5.69 Å². The van der Waals surface area contributed by atoms with Crippen molar-refractivity contribution in [1.29, 1.82) is 0 Å². The maximum absolute atomic E-state index is 11.4. The molecule has 0 saturated carbocycles. The van der Waals surface area contributed by atoms with Crippen LogP contribution in [0.4, 0.5) is 5.69 Å². The third-order valence-electron chi connectivity index (χ3n) is 3.16. The Bertz CT molecular complexity index is 483. The largest absolute Gasteiger partial charge is 0.480 e. The summed E-state index contributed by atoms with van der Waals surface area (Å²) < 4.78 is -0.897. The molecule has 5 nitrogen and oxygen atoms in total. The van der Waals surface area contributed by atoms with Crippen molar-refractivity contribution < 1.29 is 14.8 Å². The number of rotatable bonds is 4. The second-order valence-electron chi connectivity index (χ2n) is 4.31. The molecule has 0 amide bonds. The Morgan fingerprint density at radius 2 is 2.22 bits per heavy atom. The van der Waals surface area contributed by atoms with Crippen molar-refractivity contribution in [3.05, 3.63) is 39.9 Å². The number of carboxylic acid groups (broad SMARTS) is 1. The van der Waals surface area contributed by atoms with Crippen molar-refractivity contribution in [2.75, 3.05) is 5.75 Å². The summed E-state index contributed by atoms with van der Waals surface area (Å²) in [5, 5.41) is 20.3. The van der Waals surface area contributed by atoms with E-state index in [1.807, 2.05) is 0 Å². The molecule has 1 N–H and O–H groups in total. The Hall–Kier alpha value is -1.56. The molecule has 1 atom stereocenters. The molecule has 1 unspecified atom stereocenters. The Balaban J connectivity index is 2.33. The second kappa shape index (κ2) is 4.97. The van der Waals surface area contributed by atoms with Crippen LogP contribution in [0.2, 0.25) is 0 Å². The van der Waals surface area contributed by atoms with Crippen molar-refractivity contribution >= 4 is 23.4 Å². The third-order valence-corrected chi connectivity index (χ3v) is 4.73. The number of carboxylic acids is 1. The molecule has 1 aliphatic rings. The number of thioether (sulfide) groups is 1. The minimum Gasteiger partial charge on any atom is -0.480 e. The molecule has 1 aliphatic heterocycles. The first-order valence-electron chi connectivity index (χ1n) is 5.65. The summed E-state index contributed by atoms with van der Waals surface area (Å²) in [7, 11) is 0. The Morgan fingerprint density at radius 1 is 1.50 bits per heavy atom. The molecular weight excluding hydrogens is 254 g/mol. The molecule has 96 valence electrons. The molecule has 0 radical (unpaired) electrons. The van der Waals surface area contributed by atoms with Crippen molar-refractivity contribution in [1.82, 2.24) is 0 Å². The maximum Gasteiger partial charge on any atom is 0.320 e. The van der Waals surface area contributed by atoms with Gasteiger partial charge in [0.2, 0.25) is 0 Å². The van der Waals surface area contributed by atoms with Crippen LogP contribution < -0.4 is 0 Å². The van der Waals surface area contributed by atoms with Crippen molar-refractivity contribution in [2.45, 2.75) is 24.0 Å². The van der Waals surface area contributed by atoms with E-state index in [0.717, 1.165) is 12.2 Å². The molecule has 6 heteroatoms. The Kier molecular flexibility index (Phi) is 3.56. The molecule has 1 saturated heterocycles. The SMILES string of the molecule is O=C(O)C1(Cc2ccccc2[N+](=O)[O-])CCCS1. The number of nitro groups is 1. The fraction of sp³-hybridized carbons (Fsp3) is 0.417. The van der Waals surface area contributed by atoms with Crippen LogP contribution in [-0.2, 0) is 11.2 Å². The summed E-state index contributed by atoms with van der Waals surface area (Å²) in [6, 6.07) is 6.36. The van der Waals surface area contributed by atoms with Crippen LogP contribution in [0.3, 0.4) is 0 Å². The number of benzene rings is 1. The Morgan fingerprint density at radius 3 is 2.78 bits per heavy atom. The number of para-hydroxylation sites is 1. The zero-order valence-electron chi connectivity index (χ0n) is 9.67. The summed E-state index contributed by atoms with van der Waals surface area (Å²) >= 11 is 1.39. The fourth-order valence-corrected chi connectivity index (χ4v) is 3.58. The highest BCUT2D eigenvalue weighted by molar-refractivity contribution is 8.01. The zero-order chi connectivity index (χ0) is 13.2. The molecule has 1 heterocycles. The quantitative estimate of drug-likeness (QED) is 0.669. The van der Waals surface area contributed by atoms with E-state index < -0.39 is 15.6 Å². The standard InChI is InChI=1S/C12H13NO4S/c14-11(15)12(6-3-7-18-12)8-9-4-1-2-5-10(9)13(16)17/h1-2,4-5H,3,6-8H2,(H,14,15). The van der Waals surface area contributed by atoms with Gasteiger partial charge < -0.3 is 5.11 Å². The van der Waals surface area contributed by atoms with Gasteiger partial charge in [-0.1, -0.05) is 18.2 Å². The van der Waals surface area contributed by atoms with Gasteiger partial charge >= 0.3 is 5.97 Å². The van der Waals surface area contributed by atoms with Gasteiger partial charge in [0.15, 0.2) is 0 Å². The highest BCUT2D eigenvalue weighted by Gasteiger charge is 2.43. The van der Waals surface area contributed by atoms with E-state index in [-0.39, 0.29) is 12.1 Å². The predicted molar refractivity (Wildman–Crippen MR) is 68.9 cm³/mol. The molecule has 0 spiro atoms. The van der Waals surface area contributed by atoms with Gasteiger partial charge in [-0.15, -0.1) is 11.8 Å². The topological polar surface area (TPSA) is 80.4 Å². The average molecular weight is 267 g/mol. The molecular formula is C12H13NO4S. The first-order valence-corrected chi connectivity index (χ1v) is 6.63. The fourth-order valence-electron chi connectivity index (χ4n) is 2.23. The van der Waals surface area contributed by atoms with E-state index >= 15 is 0 Å². The predicted octanol–water partition coefficient (Wildman–Crippen LogP) is 2.49. The smallest absolute Gasteiger partial charge is 0.320 e. The van der Waals surface area contributed by atoms with Crippen LogP contribution in [0.25, 0.3) is 0 Å². The third kappa shape index (κ3) is 2.33. The van der Waals surface area contributed by atoms with E-state index in [1.165, 1.54) is 17.8 Å². The lowest BCUT2D eigenvalue weighted by Crippen LogP contribution is -2.35. The lowest BCUT2D eigenvalue weighted by atomic mass is 9.93. The van der Waals surface area contributed by atoms with E-state index in [9.17, 15) is 20.0 Å². The van der Waals surface area contributed by atoms with Crippen molar-refractivity contribution in [3.8, 4) is 0 Å². The summed E-state index contributed by atoms with van der Waals surface area (Å²) in [6.07, 6.45) is 1.63. The minimum absolute atomic E-state index is 0.00521. The molecule has 18 heavy (non-hydrogen) atoms. The molecule has 0 bridgehead atoms. The summed E-state index contributed by atoms with van der Waals surface area (Å²) in [5.74, 6) is -0.0735. The Labute approximate surface area is 108 Å². The lowest BCUT2D eigenvalue weighted by molar-refractivity contribution is -0.385. The van der Waals surface area contributed by atoms with Gasteiger partial charge in [-0.05, 0) is 18.6 Å². The molecule has 1 fully saturated rings. The van der Waals surface area contributed by atoms with Gasteiger partial charge in [0.05, 0.1) is 4.92 Å². The number of carbonyl (C=O) groups is 1. The molecule has 2 rings (SSSR count). The zero-order valence-corrected chi connectivity index (χ0v) is 10.5. The first-order chi connectivity index (χ1) is 8.55. The molecule has 1 aromatic rings. The van der Waals surface area contributed by atoms with Gasteiger partial charge in [0.1, 0.15) is 4.75 Å². The van der Waals surface area contributed by atoms with Gasteiger partial charge in [0, 0.05) is 18.1 Å². The molecule has 0 aromatic heterocycles. The number of aliphatic carboxylic acids is 1. The summed E-state index contributed by atoms with van der Waals surface area (Å²) in [5.41, 5.74) is 0.505. The minimum atomic E-state index is -0.897. The van der Waals surface area contributed by atoms with E-state index in [1.54, 1.807) is 18.2 Å². The molecule has 0 aliphatic carbocycles.